The van der Waals surface area contributed by atoms with Crippen LogP contribution in [0.25, 0.3) is 0 Å². The number of likely N-dealkylation sites (N-methyl/N-ethyl adjacent to an activating group) is 1. The minimum atomic E-state index is 0. The second kappa shape index (κ2) is 13.5. The van der Waals surface area contributed by atoms with E-state index in [4.69, 9.17) is 16.3 Å². The molecule has 2 rings (SSSR count). The van der Waals surface area contributed by atoms with Crippen LogP contribution in [0.3, 0.4) is 0 Å². The average molecular weight is 524 g/mol. The summed E-state index contributed by atoms with van der Waals surface area (Å²) >= 11 is 6.30. The van der Waals surface area contributed by atoms with Crippen molar-refractivity contribution in [2.75, 3.05) is 67.0 Å². The van der Waals surface area contributed by atoms with E-state index in [-0.39, 0.29) is 24.0 Å². The Morgan fingerprint density at radius 1 is 1.25 bits per heavy atom. The van der Waals surface area contributed by atoms with Gasteiger partial charge in [-0.1, -0.05) is 24.6 Å². The third-order valence-corrected chi connectivity index (χ3v) is 5.31. The zero-order valence-corrected chi connectivity index (χ0v) is 20.6. The van der Waals surface area contributed by atoms with Crippen molar-refractivity contribution in [1.82, 2.24) is 20.4 Å². The van der Waals surface area contributed by atoms with Crippen molar-refractivity contribution < 1.29 is 4.74 Å². The quantitative estimate of drug-likeness (QED) is 0.312. The summed E-state index contributed by atoms with van der Waals surface area (Å²) in [4.78, 5) is 9.26. The van der Waals surface area contributed by atoms with Crippen LogP contribution < -0.4 is 15.4 Å². The number of rotatable bonds is 8. The zero-order chi connectivity index (χ0) is 19.6. The molecule has 0 saturated carbocycles. The van der Waals surface area contributed by atoms with E-state index < -0.39 is 0 Å². The van der Waals surface area contributed by atoms with Crippen LogP contribution >= 0.6 is 35.6 Å². The predicted molar refractivity (Wildman–Crippen MR) is 130 cm³/mol. The van der Waals surface area contributed by atoms with Gasteiger partial charge in [-0.05, 0) is 37.1 Å². The molecule has 1 aromatic carbocycles. The Labute approximate surface area is 192 Å². The lowest BCUT2D eigenvalue weighted by Crippen LogP contribution is -2.47. The number of nitrogens with one attached hydrogen (secondary N) is 2. The highest BCUT2D eigenvalue weighted by Crippen LogP contribution is 2.22. The molecule has 0 radical (unpaired) electrons. The molecule has 1 heterocycles. The maximum atomic E-state index is 6.30. The molecule has 8 heteroatoms. The van der Waals surface area contributed by atoms with Gasteiger partial charge in [0.2, 0.25) is 0 Å². The van der Waals surface area contributed by atoms with E-state index in [1.807, 2.05) is 18.2 Å². The highest BCUT2D eigenvalue weighted by atomic mass is 127. The number of piperazine rings is 1. The standard InChI is InChI=1S/C20H34ClN5O.HI/c1-16(15-26-11-9-25(3)10-12-26)14-24-20(22-2)23-8-7-17-5-6-18(27-4)13-19(17)21;/h5-6,13,16H,7-12,14-15H2,1-4H3,(H2,22,23,24);1H. The van der Waals surface area contributed by atoms with Gasteiger partial charge in [-0.15, -0.1) is 24.0 Å². The Bertz CT molecular complexity index is 608. The molecular weight excluding hydrogens is 489 g/mol. The summed E-state index contributed by atoms with van der Waals surface area (Å²) < 4.78 is 5.19. The van der Waals surface area contributed by atoms with Crippen molar-refractivity contribution in [2.45, 2.75) is 13.3 Å². The SMILES string of the molecule is CN=C(NCCc1ccc(OC)cc1Cl)NCC(C)CN1CCN(C)CC1.I. The van der Waals surface area contributed by atoms with E-state index in [1.54, 1.807) is 14.2 Å². The summed E-state index contributed by atoms with van der Waals surface area (Å²) in [5.74, 6) is 2.19. The lowest BCUT2D eigenvalue weighted by atomic mass is 10.1. The predicted octanol–water partition coefficient (Wildman–Crippen LogP) is 2.56. The topological polar surface area (TPSA) is 52.1 Å². The van der Waals surface area contributed by atoms with Gasteiger partial charge in [0.15, 0.2) is 5.96 Å². The molecule has 0 bridgehead atoms. The molecular formula is C20H35ClIN5O. The molecule has 1 saturated heterocycles. The molecule has 1 atom stereocenters. The van der Waals surface area contributed by atoms with Gasteiger partial charge in [-0.2, -0.15) is 0 Å². The fourth-order valence-corrected chi connectivity index (χ4v) is 3.47. The lowest BCUT2D eigenvalue weighted by Gasteiger charge is -2.34. The normalized spacial score (nSPS) is 17.0. The van der Waals surface area contributed by atoms with Crippen molar-refractivity contribution in [3.8, 4) is 5.75 Å². The Kier molecular flexibility index (Phi) is 12.1. The van der Waals surface area contributed by atoms with Crippen LogP contribution in [0, 0.1) is 5.92 Å². The molecule has 0 aliphatic carbocycles. The summed E-state index contributed by atoms with van der Waals surface area (Å²) in [5, 5.41) is 7.54. The van der Waals surface area contributed by atoms with E-state index >= 15 is 0 Å². The molecule has 1 fully saturated rings. The summed E-state index contributed by atoms with van der Waals surface area (Å²) in [7, 11) is 5.64. The Morgan fingerprint density at radius 3 is 2.57 bits per heavy atom. The van der Waals surface area contributed by atoms with E-state index in [1.165, 1.54) is 0 Å². The molecule has 0 spiro atoms. The molecule has 2 N–H and O–H groups in total. The van der Waals surface area contributed by atoms with Gasteiger partial charge in [0.25, 0.3) is 0 Å². The minimum absolute atomic E-state index is 0. The maximum absolute atomic E-state index is 6.30. The number of benzene rings is 1. The number of ether oxygens (including phenoxy) is 1. The smallest absolute Gasteiger partial charge is 0.190 e. The van der Waals surface area contributed by atoms with Gasteiger partial charge in [0.05, 0.1) is 7.11 Å². The van der Waals surface area contributed by atoms with Crippen molar-refractivity contribution in [3.63, 3.8) is 0 Å². The molecule has 0 amide bonds. The first-order chi connectivity index (χ1) is 13.0. The first-order valence-corrected chi connectivity index (χ1v) is 10.1. The first-order valence-electron chi connectivity index (χ1n) is 9.69. The van der Waals surface area contributed by atoms with Crippen molar-refractivity contribution >= 4 is 41.5 Å². The van der Waals surface area contributed by atoms with Crippen molar-refractivity contribution in [3.05, 3.63) is 28.8 Å². The highest BCUT2D eigenvalue weighted by Gasteiger charge is 2.16. The molecule has 1 unspecified atom stereocenters. The molecule has 0 aromatic heterocycles. The second-order valence-corrected chi connectivity index (χ2v) is 7.70. The van der Waals surface area contributed by atoms with Crippen LogP contribution in [0.2, 0.25) is 5.02 Å². The second-order valence-electron chi connectivity index (χ2n) is 7.30. The number of aliphatic imine (C=N–C) groups is 1. The fourth-order valence-electron chi connectivity index (χ4n) is 3.20. The van der Waals surface area contributed by atoms with E-state index in [9.17, 15) is 0 Å². The van der Waals surface area contributed by atoms with Gasteiger partial charge >= 0.3 is 0 Å². The minimum Gasteiger partial charge on any atom is -0.497 e. The monoisotopic (exact) mass is 523 g/mol. The van der Waals surface area contributed by atoms with Crippen LogP contribution in [-0.2, 0) is 6.42 Å². The largest absolute Gasteiger partial charge is 0.497 e. The third kappa shape index (κ3) is 8.71. The Morgan fingerprint density at radius 2 is 1.96 bits per heavy atom. The van der Waals surface area contributed by atoms with E-state index in [0.717, 1.165) is 74.5 Å². The van der Waals surface area contributed by atoms with Crippen molar-refractivity contribution in [2.24, 2.45) is 10.9 Å². The molecule has 28 heavy (non-hydrogen) atoms. The van der Waals surface area contributed by atoms with E-state index in [0.29, 0.717) is 5.92 Å². The van der Waals surface area contributed by atoms with Gasteiger partial charge in [-0.25, -0.2) is 0 Å². The van der Waals surface area contributed by atoms with E-state index in [2.05, 4.69) is 39.4 Å². The molecule has 1 aromatic rings. The lowest BCUT2D eigenvalue weighted by molar-refractivity contribution is 0.139. The number of methoxy groups -OCH3 is 1. The molecule has 1 aliphatic heterocycles. The summed E-state index contributed by atoms with van der Waals surface area (Å²) in [6, 6.07) is 5.80. The average Bonchev–Trinajstić information content (AvgIpc) is 2.67. The summed E-state index contributed by atoms with van der Waals surface area (Å²) in [6.07, 6.45) is 0.834. The molecule has 160 valence electrons. The first kappa shape index (κ1) is 25.3. The number of guanidine groups is 1. The van der Waals surface area contributed by atoms with Gasteiger partial charge in [0.1, 0.15) is 5.75 Å². The fraction of sp³-hybridized carbons (Fsp3) is 0.650. The number of nitrogens with zero attached hydrogens (tertiary/aromatic N) is 3. The van der Waals surface area contributed by atoms with Crippen LogP contribution in [0.4, 0.5) is 0 Å². The summed E-state index contributed by atoms with van der Waals surface area (Å²) in [6.45, 7) is 9.75. The maximum Gasteiger partial charge on any atom is 0.190 e. The van der Waals surface area contributed by atoms with Crippen LogP contribution in [0.5, 0.6) is 5.75 Å². The number of hydrogen-bond acceptors (Lipinski definition) is 4. The van der Waals surface area contributed by atoms with Crippen LogP contribution in [0.1, 0.15) is 12.5 Å². The Hall–Kier alpha value is -0.770. The third-order valence-electron chi connectivity index (χ3n) is 4.95. The Balaban J connectivity index is 0.00000392. The highest BCUT2D eigenvalue weighted by molar-refractivity contribution is 14.0. The van der Waals surface area contributed by atoms with Gasteiger partial charge in [-0.3, -0.25) is 4.99 Å². The summed E-state index contributed by atoms with van der Waals surface area (Å²) in [5.41, 5.74) is 1.10. The number of hydrogen-bond donors (Lipinski definition) is 2. The van der Waals surface area contributed by atoms with Crippen LogP contribution in [-0.4, -0.2) is 82.8 Å². The zero-order valence-electron chi connectivity index (χ0n) is 17.5. The van der Waals surface area contributed by atoms with Crippen LogP contribution in [0.15, 0.2) is 23.2 Å². The number of halogens is 2. The van der Waals surface area contributed by atoms with Gasteiger partial charge < -0.3 is 25.2 Å². The molecule has 1 aliphatic rings. The molecule has 6 nitrogen and oxygen atoms in total. The van der Waals surface area contributed by atoms with Crippen molar-refractivity contribution in [1.29, 1.82) is 0 Å². The van der Waals surface area contributed by atoms with Gasteiger partial charge in [0, 0.05) is 57.9 Å².